The molecule has 4 nitrogen and oxygen atoms in total. The van der Waals surface area contributed by atoms with E-state index in [0.29, 0.717) is 19.5 Å². The minimum absolute atomic E-state index is 0.254. The maximum Gasteiger partial charge on any atom is 0.325 e. The normalized spacial score (nSPS) is 11.8. The molecule has 4 aromatic rings. The Morgan fingerprint density at radius 2 is 1.03 bits per heavy atom. The van der Waals surface area contributed by atoms with Crippen LogP contribution in [-0.4, -0.2) is 17.0 Å². The van der Waals surface area contributed by atoms with E-state index < -0.39 is 6.04 Å². The molecule has 0 saturated carbocycles. The van der Waals surface area contributed by atoms with E-state index in [-0.39, 0.29) is 12.6 Å². The first-order chi connectivity index (χ1) is 16.8. The Labute approximate surface area is 201 Å². The minimum atomic E-state index is -0.515. The van der Waals surface area contributed by atoms with E-state index in [1.54, 1.807) is 0 Å². The maximum absolute atomic E-state index is 13.2. The van der Waals surface area contributed by atoms with Gasteiger partial charge in [0, 0.05) is 13.1 Å². The lowest BCUT2D eigenvalue weighted by Crippen LogP contribution is -2.49. The van der Waals surface area contributed by atoms with Gasteiger partial charge in [0.1, 0.15) is 12.6 Å². The Balaban J connectivity index is 1.52. The molecule has 0 aliphatic carbocycles. The Morgan fingerprint density at radius 3 is 1.50 bits per heavy atom. The quantitative estimate of drug-likeness (QED) is 0.240. The van der Waals surface area contributed by atoms with E-state index >= 15 is 0 Å². The molecule has 1 N–H and O–H groups in total. The van der Waals surface area contributed by atoms with Crippen LogP contribution in [0.4, 0.5) is 0 Å². The molecule has 0 aliphatic rings. The van der Waals surface area contributed by atoms with Crippen LogP contribution in [0.5, 0.6) is 0 Å². The zero-order chi connectivity index (χ0) is 23.4. The highest BCUT2D eigenvalue weighted by molar-refractivity contribution is 5.76. The van der Waals surface area contributed by atoms with Gasteiger partial charge in [0.2, 0.25) is 0 Å². The molecule has 0 bridgehead atoms. The van der Waals surface area contributed by atoms with Crippen molar-refractivity contribution >= 4 is 5.97 Å². The molecule has 0 aliphatic heterocycles. The van der Waals surface area contributed by atoms with Crippen molar-refractivity contribution in [2.24, 2.45) is 0 Å². The van der Waals surface area contributed by atoms with Crippen LogP contribution in [0, 0.1) is 0 Å². The summed E-state index contributed by atoms with van der Waals surface area (Å²) in [5, 5.41) is 2.10. The first kappa shape index (κ1) is 23.4. The lowest BCUT2D eigenvalue weighted by atomic mass is 10.1. The fraction of sp³-hybridized carbons (Fsp3) is 0.167. The van der Waals surface area contributed by atoms with Crippen LogP contribution in [0.3, 0.4) is 0 Å². The van der Waals surface area contributed by atoms with Crippen LogP contribution in [0.15, 0.2) is 121 Å². The van der Waals surface area contributed by atoms with Gasteiger partial charge in [-0.15, -0.1) is 0 Å². The minimum Gasteiger partial charge on any atom is -0.460 e. The fourth-order valence-corrected chi connectivity index (χ4v) is 3.84. The SMILES string of the molecule is O=C(OCc1ccccc1)C(Cc1ccccc1)NN(Cc1ccccc1)Cc1ccccc1. The summed E-state index contributed by atoms with van der Waals surface area (Å²) in [5.74, 6) is -0.265. The van der Waals surface area contributed by atoms with Crippen molar-refractivity contribution in [3.63, 3.8) is 0 Å². The van der Waals surface area contributed by atoms with Crippen molar-refractivity contribution in [1.82, 2.24) is 10.4 Å². The molecule has 1 unspecified atom stereocenters. The van der Waals surface area contributed by atoms with Crippen LogP contribution in [0.1, 0.15) is 22.3 Å². The van der Waals surface area contributed by atoms with E-state index in [1.807, 2.05) is 97.1 Å². The van der Waals surface area contributed by atoms with Crippen molar-refractivity contribution in [3.8, 4) is 0 Å². The van der Waals surface area contributed by atoms with Gasteiger partial charge in [-0.05, 0) is 28.7 Å². The summed E-state index contributed by atoms with van der Waals surface area (Å²) in [6, 6.07) is 39.9. The van der Waals surface area contributed by atoms with Gasteiger partial charge in [-0.3, -0.25) is 4.79 Å². The number of carbonyl (C=O) groups excluding carboxylic acids is 1. The zero-order valence-electron chi connectivity index (χ0n) is 19.2. The Hall–Kier alpha value is -3.73. The van der Waals surface area contributed by atoms with Gasteiger partial charge in [-0.2, -0.15) is 0 Å². The molecule has 0 amide bonds. The fourth-order valence-electron chi connectivity index (χ4n) is 3.84. The van der Waals surface area contributed by atoms with Gasteiger partial charge in [-0.25, -0.2) is 10.4 Å². The maximum atomic E-state index is 13.2. The van der Waals surface area contributed by atoms with Crippen LogP contribution in [-0.2, 0) is 35.6 Å². The highest BCUT2D eigenvalue weighted by atomic mass is 16.5. The lowest BCUT2D eigenvalue weighted by Gasteiger charge is -2.28. The highest BCUT2D eigenvalue weighted by Crippen LogP contribution is 2.12. The lowest BCUT2D eigenvalue weighted by molar-refractivity contribution is -0.149. The number of nitrogens with zero attached hydrogens (tertiary/aromatic N) is 1. The number of hydrazine groups is 1. The van der Waals surface area contributed by atoms with Crippen molar-refractivity contribution < 1.29 is 9.53 Å². The average Bonchev–Trinajstić information content (AvgIpc) is 2.89. The Bertz CT molecular complexity index is 1080. The first-order valence-electron chi connectivity index (χ1n) is 11.6. The number of ether oxygens (including phenoxy) is 1. The monoisotopic (exact) mass is 450 g/mol. The van der Waals surface area contributed by atoms with Gasteiger partial charge in [0.05, 0.1) is 0 Å². The second-order valence-electron chi connectivity index (χ2n) is 8.29. The van der Waals surface area contributed by atoms with E-state index in [2.05, 4.69) is 34.7 Å². The van der Waals surface area contributed by atoms with Gasteiger partial charge in [0.25, 0.3) is 0 Å². The summed E-state index contributed by atoms with van der Waals surface area (Å²) in [6.07, 6.45) is 0.536. The van der Waals surface area contributed by atoms with Gasteiger partial charge >= 0.3 is 5.97 Å². The third-order valence-electron chi connectivity index (χ3n) is 5.56. The molecule has 0 spiro atoms. The molecule has 0 radical (unpaired) electrons. The molecule has 0 aromatic heterocycles. The molecule has 172 valence electrons. The summed E-state index contributed by atoms with van der Waals surface area (Å²) in [6.45, 7) is 1.57. The predicted molar refractivity (Wildman–Crippen MR) is 135 cm³/mol. The molecule has 4 aromatic carbocycles. The second kappa shape index (κ2) is 12.5. The molecule has 0 saturated heterocycles. The van der Waals surface area contributed by atoms with Crippen LogP contribution in [0.2, 0.25) is 0 Å². The van der Waals surface area contributed by atoms with Crippen LogP contribution < -0.4 is 5.43 Å². The molecular weight excluding hydrogens is 420 g/mol. The van der Waals surface area contributed by atoms with Gasteiger partial charge in [-0.1, -0.05) is 121 Å². The standard InChI is InChI=1S/C30H30N2O2/c33-30(34-24-28-19-11-4-12-20-28)29(21-25-13-5-1-6-14-25)31-32(22-26-15-7-2-8-16-26)23-27-17-9-3-10-18-27/h1-20,29,31H,21-24H2. The number of rotatable bonds is 11. The topological polar surface area (TPSA) is 41.6 Å². The predicted octanol–water partition coefficient (Wildman–Crippen LogP) is 5.55. The first-order valence-corrected chi connectivity index (χ1v) is 11.6. The molecule has 0 fully saturated rings. The van der Waals surface area contributed by atoms with Crippen LogP contribution >= 0.6 is 0 Å². The van der Waals surface area contributed by atoms with Gasteiger partial charge in [0.15, 0.2) is 0 Å². The van der Waals surface area contributed by atoms with Crippen molar-refractivity contribution in [3.05, 3.63) is 144 Å². The Morgan fingerprint density at radius 1 is 0.618 bits per heavy atom. The molecule has 0 heterocycles. The summed E-state index contributed by atoms with van der Waals surface area (Å²) in [4.78, 5) is 13.2. The summed E-state index contributed by atoms with van der Waals surface area (Å²) >= 11 is 0. The van der Waals surface area contributed by atoms with Crippen molar-refractivity contribution in [2.75, 3.05) is 0 Å². The molecule has 1 atom stereocenters. The molecule has 4 heteroatoms. The molecule has 4 rings (SSSR count). The van der Waals surface area contributed by atoms with E-state index in [0.717, 1.165) is 11.1 Å². The zero-order valence-corrected chi connectivity index (χ0v) is 19.2. The number of esters is 1. The number of carbonyl (C=O) groups is 1. The number of hydrogen-bond donors (Lipinski definition) is 1. The van der Waals surface area contributed by atoms with E-state index in [4.69, 9.17) is 4.74 Å². The summed E-state index contributed by atoms with van der Waals surface area (Å²) < 4.78 is 5.74. The van der Waals surface area contributed by atoms with Gasteiger partial charge < -0.3 is 4.74 Å². The second-order valence-corrected chi connectivity index (χ2v) is 8.29. The van der Waals surface area contributed by atoms with Crippen molar-refractivity contribution in [2.45, 2.75) is 32.2 Å². The van der Waals surface area contributed by atoms with E-state index in [9.17, 15) is 4.79 Å². The third-order valence-corrected chi connectivity index (χ3v) is 5.56. The Kier molecular flexibility index (Phi) is 8.61. The summed E-state index contributed by atoms with van der Waals surface area (Å²) in [5.41, 5.74) is 7.88. The highest BCUT2D eigenvalue weighted by Gasteiger charge is 2.23. The largest absolute Gasteiger partial charge is 0.460 e. The number of nitrogens with one attached hydrogen (secondary N) is 1. The summed E-state index contributed by atoms with van der Waals surface area (Å²) in [7, 11) is 0. The third kappa shape index (κ3) is 7.41. The molecular formula is C30H30N2O2. The van der Waals surface area contributed by atoms with E-state index in [1.165, 1.54) is 11.1 Å². The smallest absolute Gasteiger partial charge is 0.325 e. The molecule has 34 heavy (non-hydrogen) atoms. The number of benzene rings is 4. The average molecular weight is 451 g/mol. The van der Waals surface area contributed by atoms with Crippen molar-refractivity contribution in [1.29, 1.82) is 0 Å². The number of hydrogen-bond acceptors (Lipinski definition) is 4. The van der Waals surface area contributed by atoms with Crippen LogP contribution in [0.25, 0.3) is 0 Å².